The van der Waals surface area contributed by atoms with Crippen molar-refractivity contribution in [3.63, 3.8) is 0 Å². The van der Waals surface area contributed by atoms with Crippen LogP contribution in [0.25, 0.3) is 0 Å². The molecule has 2 rings (SSSR count). The van der Waals surface area contributed by atoms with E-state index in [1.54, 1.807) is 0 Å². The molecule has 0 fully saturated rings. The van der Waals surface area contributed by atoms with Gasteiger partial charge in [-0.1, -0.05) is 71.7 Å². The zero-order valence-electron chi connectivity index (χ0n) is 11.7. The van der Waals surface area contributed by atoms with Gasteiger partial charge in [-0.2, -0.15) is 0 Å². The van der Waals surface area contributed by atoms with Crippen LogP contribution < -0.4 is 5.32 Å². The first kappa shape index (κ1) is 15.4. The minimum Gasteiger partial charge on any atom is -0.377 e. The first-order chi connectivity index (χ1) is 9.56. The topological polar surface area (TPSA) is 12.0 Å². The third-order valence-corrected chi connectivity index (χ3v) is 3.99. The highest BCUT2D eigenvalue weighted by Crippen LogP contribution is 2.31. The molecular formula is C17H19BrClN. The molecule has 1 N–H and O–H groups in total. The highest BCUT2D eigenvalue weighted by atomic mass is 79.9. The summed E-state index contributed by atoms with van der Waals surface area (Å²) in [6.07, 6.45) is 1.06. The number of benzene rings is 2. The van der Waals surface area contributed by atoms with Crippen LogP contribution in [0, 0.1) is 5.92 Å². The Morgan fingerprint density at radius 3 is 2.45 bits per heavy atom. The fourth-order valence-electron chi connectivity index (χ4n) is 2.23. The summed E-state index contributed by atoms with van der Waals surface area (Å²) < 4.78 is 1.03. The van der Waals surface area contributed by atoms with Gasteiger partial charge in [0, 0.05) is 4.47 Å². The van der Waals surface area contributed by atoms with E-state index in [0.717, 1.165) is 21.6 Å². The largest absolute Gasteiger partial charge is 0.377 e. The van der Waals surface area contributed by atoms with E-state index in [1.807, 2.05) is 24.3 Å². The lowest BCUT2D eigenvalue weighted by molar-refractivity contribution is 0.531. The molecule has 0 saturated heterocycles. The van der Waals surface area contributed by atoms with Crippen molar-refractivity contribution in [2.45, 2.75) is 26.3 Å². The molecule has 3 heteroatoms. The normalized spacial score (nSPS) is 12.4. The Hall–Kier alpha value is -0.990. The van der Waals surface area contributed by atoms with E-state index in [0.29, 0.717) is 5.92 Å². The van der Waals surface area contributed by atoms with Crippen molar-refractivity contribution < 1.29 is 0 Å². The van der Waals surface area contributed by atoms with Crippen LogP contribution in [0.3, 0.4) is 0 Å². The van der Waals surface area contributed by atoms with Crippen LogP contribution in [-0.2, 0) is 0 Å². The molecule has 1 atom stereocenters. The second kappa shape index (κ2) is 7.14. The third-order valence-electron chi connectivity index (χ3n) is 3.17. The van der Waals surface area contributed by atoms with Crippen LogP contribution in [0.1, 0.15) is 31.9 Å². The standard InChI is InChI=1S/C17H19BrClN/c1-12(2)10-16(13-6-4-3-5-7-13)20-17-11-14(18)8-9-15(17)19/h3-9,11-12,16,20H,10H2,1-2H3. The summed E-state index contributed by atoms with van der Waals surface area (Å²) in [4.78, 5) is 0. The second-order valence-electron chi connectivity index (χ2n) is 5.36. The summed E-state index contributed by atoms with van der Waals surface area (Å²) in [5.74, 6) is 0.610. The third kappa shape index (κ3) is 4.26. The Bertz CT molecular complexity index is 554. The predicted molar refractivity (Wildman–Crippen MR) is 91.4 cm³/mol. The average Bonchev–Trinajstić information content (AvgIpc) is 2.42. The Labute approximate surface area is 134 Å². The summed E-state index contributed by atoms with van der Waals surface area (Å²) in [5, 5.41) is 4.32. The molecule has 1 unspecified atom stereocenters. The molecule has 0 amide bonds. The van der Waals surface area contributed by atoms with E-state index < -0.39 is 0 Å². The smallest absolute Gasteiger partial charge is 0.0638 e. The molecule has 2 aromatic carbocycles. The van der Waals surface area contributed by atoms with Crippen LogP contribution in [0.5, 0.6) is 0 Å². The van der Waals surface area contributed by atoms with Crippen molar-refractivity contribution in [2.75, 3.05) is 5.32 Å². The van der Waals surface area contributed by atoms with Crippen LogP contribution in [0.2, 0.25) is 5.02 Å². The zero-order chi connectivity index (χ0) is 14.5. The van der Waals surface area contributed by atoms with E-state index in [1.165, 1.54) is 5.56 Å². The first-order valence-electron chi connectivity index (χ1n) is 6.83. The van der Waals surface area contributed by atoms with Crippen LogP contribution in [0.4, 0.5) is 5.69 Å². The van der Waals surface area contributed by atoms with Gasteiger partial charge >= 0.3 is 0 Å². The number of hydrogen-bond donors (Lipinski definition) is 1. The monoisotopic (exact) mass is 351 g/mol. The van der Waals surface area contributed by atoms with E-state index in [2.05, 4.69) is 59.4 Å². The highest BCUT2D eigenvalue weighted by Gasteiger charge is 2.14. The van der Waals surface area contributed by atoms with Crippen LogP contribution >= 0.6 is 27.5 Å². The van der Waals surface area contributed by atoms with Crippen LogP contribution in [0.15, 0.2) is 53.0 Å². The van der Waals surface area contributed by atoms with Gasteiger partial charge < -0.3 is 5.32 Å². The van der Waals surface area contributed by atoms with E-state index in [9.17, 15) is 0 Å². The number of nitrogens with one attached hydrogen (secondary N) is 1. The quantitative estimate of drug-likeness (QED) is 0.665. The minimum atomic E-state index is 0.267. The van der Waals surface area contributed by atoms with Crippen molar-refractivity contribution in [3.05, 3.63) is 63.6 Å². The van der Waals surface area contributed by atoms with E-state index in [-0.39, 0.29) is 6.04 Å². The van der Waals surface area contributed by atoms with Crippen molar-refractivity contribution >= 4 is 33.2 Å². The fraction of sp³-hybridized carbons (Fsp3) is 0.294. The molecule has 0 aliphatic carbocycles. The Morgan fingerprint density at radius 2 is 1.80 bits per heavy atom. The number of halogens is 2. The second-order valence-corrected chi connectivity index (χ2v) is 6.68. The van der Waals surface area contributed by atoms with Gasteiger partial charge in [-0.3, -0.25) is 0 Å². The number of anilines is 1. The van der Waals surface area contributed by atoms with Crippen molar-refractivity contribution in [1.29, 1.82) is 0 Å². The molecule has 0 radical (unpaired) electrons. The molecule has 1 nitrogen and oxygen atoms in total. The maximum Gasteiger partial charge on any atom is 0.0638 e. The molecule has 0 spiro atoms. The number of hydrogen-bond acceptors (Lipinski definition) is 1. The van der Waals surface area contributed by atoms with Gasteiger partial charge in [0.1, 0.15) is 0 Å². The highest BCUT2D eigenvalue weighted by molar-refractivity contribution is 9.10. The van der Waals surface area contributed by atoms with E-state index in [4.69, 9.17) is 11.6 Å². The molecule has 0 saturated carbocycles. The van der Waals surface area contributed by atoms with Gasteiger partial charge in [0.15, 0.2) is 0 Å². The molecule has 20 heavy (non-hydrogen) atoms. The lowest BCUT2D eigenvalue weighted by Gasteiger charge is -2.23. The number of rotatable bonds is 5. The minimum absolute atomic E-state index is 0.267. The summed E-state index contributed by atoms with van der Waals surface area (Å²) in [5.41, 5.74) is 2.26. The average molecular weight is 353 g/mol. The molecule has 0 heterocycles. The van der Waals surface area contributed by atoms with Crippen molar-refractivity contribution in [3.8, 4) is 0 Å². The Kier molecular flexibility index (Phi) is 5.50. The van der Waals surface area contributed by atoms with Gasteiger partial charge in [-0.05, 0) is 36.1 Å². The van der Waals surface area contributed by atoms with Crippen molar-refractivity contribution in [2.24, 2.45) is 5.92 Å². The van der Waals surface area contributed by atoms with Gasteiger partial charge in [-0.25, -0.2) is 0 Å². The molecule has 0 aliphatic heterocycles. The summed E-state index contributed by atoms with van der Waals surface area (Å²) in [6.45, 7) is 4.47. The molecule has 0 bridgehead atoms. The lowest BCUT2D eigenvalue weighted by Crippen LogP contribution is -2.13. The molecule has 106 valence electrons. The fourth-order valence-corrected chi connectivity index (χ4v) is 2.76. The molecule has 2 aromatic rings. The molecular weight excluding hydrogens is 334 g/mol. The Morgan fingerprint density at radius 1 is 1.10 bits per heavy atom. The maximum atomic E-state index is 6.28. The van der Waals surface area contributed by atoms with Crippen LogP contribution in [-0.4, -0.2) is 0 Å². The van der Waals surface area contributed by atoms with Gasteiger partial charge in [0.05, 0.1) is 16.8 Å². The summed E-state index contributed by atoms with van der Waals surface area (Å²) in [6, 6.07) is 16.7. The maximum absolute atomic E-state index is 6.28. The van der Waals surface area contributed by atoms with Crippen molar-refractivity contribution in [1.82, 2.24) is 0 Å². The summed E-state index contributed by atoms with van der Waals surface area (Å²) >= 11 is 9.78. The lowest BCUT2D eigenvalue weighted by atomic mass is 9.97. The predicted octanol–water partition coefficient (Wildman–Crippen LogP) is 6.30. The van der Waals surface area contributed by atoms with Gasteiger partial charge in [0.25, 0.3) is 0 Å². The van der Waals surface area contributed by atoms with Gasteiger partial charge in [0.2, 0.25) is 0 Å². The summed E-state index contributed by atoms with van der Waals surface area (Å²) in [7, 11) is 0. The first-order valence-corrected chi connectivity index (χ1v) is 8.00. The van der Waals surface area contributed by atoms with E-state index >= 15 is 0 Å². The molecule has 0 aromatic heterocycles. The Balaban J connectivity index is 2.26. The SMILES string of the molecule is CC(C)CC(Nc1cc(Br)ccc1Cl)c1ccccc1. The van der Waals surface area contributed by atoms with Gasteiger partial charge in [-0.15, -0.1) is 0 Å². The molecule has 0 aliphatic rings. The zero-order valence-corrected chi connectivity index (χ0v) is 14.1.